The maximum Gasteiger partial charge on any atom is 0.276 e. The highest BCUT2D eigenvalue weighted by molar-refractivity contribution is 6.31. The first-order valence-electron chi connectivity index (χ1n) is 7.54. The third kappa shape index (κ3) is 4.87. The predicted octanol–water partition coefficient (Wildman–Crippen LogP) is 2.81. The fourth-order valence-corrected chi connectivity index (χ4v) is 2.28. The smallest absolute Gasteiger partial charge is 0.276 e. The molecule has 0 aliphatic rings. The highest BCUT2D eigenvalue weighted by Gasteiger charge is 2.14. The number of carbonyl (C=O) groups excluding carboxylic acids is 2. The van der Waals surface area contributed by atoms with Gasteiger partial charge in [-0.1, -0.05) is 23.7 Å². The number of methoxy groups -OCH3 is 1. The summed E-state index contributed by atoms with van der Waals surface area (Å²) in [7, 11) is 1.44. The summed E-state index contributed by atoms with van der Waals surface area (Å²) in [6.07, 6.45) is 0. The van der Waals surface area contributed by atoms with Crippen molar-refractivity contribution in [3.63, 3.8) is 0 Å². The second-order valence-electron chi connectivity index (χ2n) is 5.33. The Kier molecular flexibility index (Phi) is 6.25. The number of hydrazine groups is 1. The Balaban J connectivity index is 1.91. The summed E-state index contributed by atoms with van der Waals surface area (Å²) in [5.41, 5.74) is 6.84. The molecular weight excluding hydrogens is 344 g/mol. The van der Waals surface area contributed by atoms with E-state index in [4.69, 9.17) is 21.1 Å². The average Bonchev–Trinajstić information content (AvgIpc) is 2.60. The monoisotopic (exact) mass is 362 g/mol. The van der Waals surface area contributed by atoms with Gasteiger partial charge in [-0.3, -0.25) is 20.4 Å². The minimum absolute atomic E-state index is 0.214. The summed E-state index contributed by atoms with van der Waals surface area (Å²) >= 11 is 5.88. The molecule has 0 unspecified atom stereocenters. The third-order valence-corrected chi connectivity index (χ3v) is 3.87. The van der Waals surface area contributed by atoms with E-state index in [0.29, 0.717) is 16.5 Å². The van der Waals surface area contributed by atoms with Crippen molar-refractivity contribution >= 4 is 23.4 Å². The third-order valence-electron chi connectivity index (χ3n) is 3.64. The van der Waals surface area contributed by atoms with Crippen LogP contribution in [0.25, 0.3) is 0 Å². The van der Waals surface area contributed by atoms with E-state index in [2.05, 4.69) is 10.9 Å². The number of hydrogen-bond acceptors (Lipinski definition) is 4. The number of carbonyl (C=O) groups is 2. The van der Waals surface area contributed by atoms with Crippen LogP contribution in [0.2, 0.25) is 5.02 Å². The van der Waals surface area contributed by atoms with E-state index in [1.807, 2.05) is 26.0 Å². The Bertz CT molecular complexity index is 793. The van der Waals surface area contributed by atoms with Gasteiger partial charge < -0.3 is 9.47 Å². The summed E-state index contributed by atoms with van der Waals surface area (Å²) in [6.45, 7) is 3.65. The molecule has 7 heteroatoms. The normalized spacial score (nSPS) is 10.1. The van der Waals surface area contributed by atoms with Gasteiger partial charge in [-0.25, -0.2) is 0 Å². The van der Waals surface area contributed by atoms with Gasteiger partial charge in [0, 0.05) is 5.02 Å². The number of benzene rings is 2. The molecule has 2 amide bonds. The number of nitrogens with one attached hydrogen (secondary N) is 2. The number of amides is 2. The molecule has 0 radical (unpaired) electrons. The lowest BCUT2D eigenvalue weighted by Gasteiger charge is -2.12. The Morgan fingerprint density at radius 1 is 1.08 bits per heavy atom. The zero-order chi connectivity index (χ0) is 18.4. The van der Waals surface area contributed by atoms with E-state index in [1.54, 1.807) is 18.2 Å². The van der Waals surface area contributed by atoms with Crippen molar-refractivity contribution in [3.05, 3.63) is 58.1 Å². The lowest BCUT2D eigenvalue weighted by molar-refractivity contribution is -0.123. The summed E-state index contributed by atoms with van der Waals surface area (Å²) in [6, 6.07) is 10.2. The van der Waals surface area contributed by atoms with Crippen LogP contribution in [0.4, 0.5) is 0 Å². The first kappa shape index (κ1) is 18.6. The first-order chi connectivity index (χ1) is 11.9. The molecule has 2 rings (SSSR count). The van der Waals surface area contributed by atoms with E-state index in [-0.39, 0.29) is 12.2 Å². The Labute approximate surface area is 151 Å². The van der Waals surface area contributed by atoms with Crippen LogP contribution < -0.4 is 20.3 Å². The molecule has 0 aromatic heterocycles. The summed E-state index contributed by atoms with van der Waals surface area (Å²) in [4.78, 5) is 24.0. The maximum atomic E-state index is 12.1. The molecule has 6 nitrogen and oxygen atoms in total. The highest BCUT2D eigenvalue weighted by Crippen LogP contribution is 2.22. The Hall–Kier alpha value is -2.73. The van der Waals surface area contributed by atoms with Gasteiger partial charge in [-0.15, -0.1) is 0 Å². The van der Waals surface area contributed by atoms with Gasteiger partial charge in [-0.05, 0) is 49.2 Å². The van der Waals surface area contributed by atoms with Gasteiger partial charge in [0.05, 0.1) is 12.7 Å². The summed E-state index contributed by atoms with van der Waals surface area (Å²) < 4.78 is 10.6. The molecule has 0 aliphatic carbocycles. The van der Waals surface area contributed by atoms with Crippen molar-refractivity contribution in [1.82, 2.24) is 10.9 Å². The van der Waals surface area contributed by atoms with Crippen LogP contribution in [0.15, 0.2) is 36.4 Å². The van der Waals surface area contributed by atoms with Gasteiger partial charge in [0.2, 0.25) is 0 Å². The van der Waals surface area contributed by atoms with Crippen LogP contribution in [0.5, 0.6) is 11.5 Å². The molecule has 0 heterocycles. The van der Waals surface area contributed by atoms with E-state index in [0.717, 1.165) is 11.1 Å². The maximum absolute atomic E-state index is 12.1. The van der Waals surface area contributed by atoms with Crippen LogP contribution in [0.1, 0.15) is 21.5 Å². The zero-order valence-corrected chi connectivity index (χ0v) is 14.9. The van der Waals surface area contributed by atoms with Crippen LogP contribution in [0.3, 0.4) is 0 Å². The second-order valence-corrected chi connectivity index (χ2v) is 5.77. The molecule has 0 aliphatic heterocycles. The average molecular weight is 363 g/mol. The Morgan fingerprint density at radius 3 is 2.56 bits per heavy atom. The lowest BCUT2D eigenvalue weighted by Crippen LogP contribution is -2.44. The van der Waals surface area contributed by atoms with Crippen LogP contribution >= 0.6 is 11.6 Å². The van der Waals surface area contributed by atoms with E-state index < -0.39 is 11.8 Å². The predicted molar refractivity (Wildman–Crippen MR) is 95.0 cm³/mol. The molecule has 0 bridgehead atoms. The van der Waals surface area contributed by atoms with E-state index >= 15 is 0 Å². The van der Waals surface area contributed by atoms with Crippen molar-refractivity contribution in [1.29, 1.82) is 0 Å². The minimum Gasteiger partial charge on any atom is -0.496 e. The SMILES string of the molecule is COc1ccc(Cl)cc1C(=O)NNC(=O)COc1cccc(C)c1C. The summed E-state index contributed by atoms with van der Waals surface area (Å²) in [5.74, 6) is -0.0598. The van der Waals surface area contributed by atoms with Gasteiger partial charge in [0.25, 0.3) is 11.8 Å². The highest BCUT2D eigenvalue weighted by atomic mass is 35.5. The van der Waals surface area contributed by atoms with Crippen molar-refractivity contribution in [3.8, 4) is 11.5 Å². The zero-order valence-electron chi connectivity index (χ0n) is 14.2. The number of hydrogen-bond donors (Lipinski definition) is 2. The number of halogens is 1. The van der Waals surface area contributed by atoms with Crippen LogP contribution in [0, 0.1) is 13.8 Å². The molecule has 0 atom stereocenters. The van der Waals surface area contributed by atoms with E-state index in [9.17, 15) is 9.59 Å². The van der Waals surface area contributed by atoms with E-state index in [1.165, 1.54) is 13.2 Å². The molecule has 2 N–H and O–H groups in total. The number of rotatable bonds is 5. The van der Waals surface area contributed by atoms with Crippen molar-refractivity contribution in [2.24, 2.45) is 0 Å². The largest absolute Gasteiger partial charge is 0.496 e. The molecule has 0 fully saturated rings. The van der Waals surface area contributed by atoms with Gasteiger partial charge in [0.15, 0.2) is 6.61 Å². The number of ether oxygens (including phenoxy) is 2. The first-order valence-corrected chi connectivity index (χ1v) is 7.92. The van der Waals surface area contributed by atoms with Crippen molar-refractivity contribution in [2.45, 2.75) is 13.8 Å². The lowest BCUT2D eigenvalue weighted by atomic mass is 10.1. The second kappa shape index (κ2) is 8.39. The molecule has 0 saturated carbocycles. The fourth-order valence-electron chi connectivity index (χ4n) is 2.11. The molecule has 25 heavy (non-hydrogen) atoms. The fraction of sp³-hybridized carbons (Fsp3) is 0.222. The van der Waals surface area contributed by atoms with Crippen molar-refractivity contribution in [2.75, 3.05) is 13.7 Å². The van der Waals surface area contributed by atoms with Crippen molar-refractivity contribution < 1.29 is 19.1 Å². The molecular formula is C18H19ClN2O4. The molecule has 2 aromatic rings. The van der Waals surface area contributed by atoms with Crippen LogP contribution in [-0.2, 0) is 4.79 Å². The number of aryl methyl sites for hydroxylation is 1. The van der Waals surface area contributed by atoms with Gasteiger partial charge >= 0.3 is 0 Å². The van der Waals surface area contributed by atoms with Gasteiger partial charge in [-0.2, -0.15) is 0 Å². The molecule has 2 aromatic carbocycles. The molecule has 0 saturated heterocycles. The molecule has 132 valence electrons. The summed E-state index contributed by atoms with van der Waals surface area (Å²) in [5, 5.41) is 0.385. The Morgan fingerprint density at radius 2 is 1.84 bits per heavy atom. The minimum atomic E-state index is -0.542. The van der Waals surface area contributed by atoms with Gasteiger partial charge in [0.1, 0.15) is 11.5 Å². The molecule has 0 spiro atoms. The standard InChI is InChI=1S/C18H19ClN2O4/c1-11-5-4-6-15(12(11)2)25-10-17(22)20-21-18(23)14-9-13(19)7-8-16(14)24-3/h4-9H,10H2,1-3H3,(H,20,22)(H,21,23). The quantitative estimate of drug-likeness (QED) is 0.802. The van der Waals surface area contributed by atoms with Crippen LogP contribution in [-0.4, -0.2) is 25.5 Å². The topological polar surface area (TPSA) is 76.7 Å².